The second-order valence-electron chi connectivity index (χ2n) is 11.3. The molecule has 1 aliphatic heterocycles. The highest BCUT2D eigenvalue weighted by atomic mass is 19.1. The SMILES string of the molecule is CCn1nccc1C(=O)N[C@H](c1cn2nc(CC3CC(C)(F)CNC3=O)ccc2n1)C(C1CC1)C1CC1. The highest BCUT2D eigenvalue weighted by Gasteiger charge is 2.47. The fraction of sp³-hybridized carbons (Fsp3) is 0.593. The molecule has 2 N–H and O–H groups in total. The molecule has 3 fully saturated rings. The Morgan fingerprint density at radius 1 is 1.24 bits per heavy atom. The number of imidazole rings is 1. The van der Waals surface area contributed by atoms with Crippen molar-refractivity contribution < 1.29 is 14.0 Å². The Kier molecular flexibility index (Phi) is 6.00. The molecule has 3 aromatic rings. The Hall–Kier alpha value is -3.30. The lowest BCUT2D eigenvalue weighted by molar-refractivity contribution is -0.129. The van der Waals surface area contributed by atoms with E-state index in [9.17, 15) is 14.0 Å². The number of aromatic nitrogens is 5. The number of hydrogen-bond donors (Lipinski definition) is 2. The Balaban J connectivity index is 1.28. The van der Waals surface area contributed by atoms with Gasteiger partial charge in [0, 0.05) is 25.1 Å². The summed E-state index contributed by atoms with van der Waals surface area (Å²) in [5, 5.41) is 15.0. The summed E-state index contributed by atoms with van der Waals surface area (Å²) in [5.41, 5.74) is 1.33. The minimum atomic E-state index is -1.41. The first-order valence-electron chi connectivity index (χ1n) is 13.5. The van der Waals surface area contributed by atoms with Gasteiger partial charge in [-0.3, -0.25) is 14.3 Å². The lowest BCUT2D eigenvalue weighted by Crippen LogP contribution is -2.49. The van der Waals surface area contributed by atoms with Crippen LogP contribution in [0.1, 0.15) is 73.9 Å². The number of rotatable bonds is 9. The first-order valence-corrected chi connectivity index (χ1v) is 13.5. The zero-order valence-corrected chi connectivity index (χ0v) is 21.4. The van der Waals surface area contributed by atoms with Gasteiger partial charge < -0.3 is 10.6 Å². The molecule has 2 unspecified atom stereocenters. The molecule has 3 atom stereocenters. The molecule has 3 aromatic heterocycles. The summed E-state index contributed by atoms with van der Waals surface area (Å²) >= 11 is 0. The maximum absolute atomic E-state index is 14.5. The van der Waals surface area contributed by atoms with Crippen LogP contribution in [0.2, 0.25) is 0 Å². The van der Waals surface area contributed by atoms with E-state index in [2.05, 4.69) is 15.7 Å². The molecule has 9 nitrogen and oxygen atoms in total. The van der Waals surface area contributed by atoms with Crippen LogP contribution in [-0.2, 0) is 17.8 Å². The van der Waals surface area contributed by atoms with Crippen molar-refractivity contribution >= 4 is 17.5 Å². The maximum Gasteiger partial charge on any atom is 0.270 e. The molecular weight excluding hydrogens is 473 g/mol. The highest BCUT2D eigenvalue weighted by molar-refractivity contribution is 5.92. The second-order valence-corrected chi connectivity index (χ2v) is 11.3. The smallest absolute Gasteiger partial charge is 0.270 e. The van der Waals surface area contributed by atoms with Crippen LogP contribution in [0.5, 0.6) is 0 Å². The number of aryl methyl sites for hydroxylation is 1. The van der Waals surface area contributed by atoms with E-state index in [1.54, 1.807) is 21.5 Å². The molecule has 6 rings (SSSR count). The fourth-order valence-electron chi connectivity index (χ4n) is 5.96. The predicted molar refractivity (Wildman–Crippen MR) is 134 cm³/mol. The third kappa shape index (κ3) is 4.98. The lowest BCUT2D eigenvalue weighted by Gasteiger charge is -2.31. The van der Waals surface area contributed by atoms with Crippen LogP contribution in [0, 0.1) is 23.7 Å². The molecule has 0 radical (unpaired) electrons. The summed E-state index contributed by atoms with van der Waals surface area (Å²) in [7, 11) is 0. The number of carbonyl (C=O) groups is 2. The number of fused-ring (bicyclic) bond motifs is 1. The number of carbonyl (C=O) groups excluding carboxylic acids is 2. The van der Waals surface area contributed by atoms with Gasteiger partial charge in [0.25, 0.3) is 5.91 Å². The average Bonchev–Trinajstić information content (AvgIpc) is 3.79. The molecule has 2 amide bonds. The molecule has 0 aromatic carbocycles. The molecule has 10 heteroatoms. The molecule has 37 heavy (non-hydrogen) atoms. The van der Waals surface area contributed by atoms with Gasteiger partial charge in [-0.15, -0.1) is 0 Å². The van der Waals surface area contributed by atoms with Crippen molar-refractivity contribution in [1.29, 1.82) is 0 Å². The van der Waals surface area contributed by atoms with Gasteiger partial charge in [0.05, 0.1) is 30.2 Å². The second kappa shape index (κ2) is 9.22. The number of nitrogens with zero attached hydrogens (tertiary/aromatic N) is 5. The first kappa shape index (κ1) is 24.1. The van der Waals surface area contributed by atoms with Crippen LogP contribution in [0.3, 0.4) is 0 Å². The van der Waals surface area contributed by atoms with Crippen LogP contribution in [0.4, 0.5) is 4.39 Å². The molecule has 3 aliphatic rings. The number of hydrogen-bond acceptors (Lipinski definition) is 5. The molecule has 4 heterocycles. The summed E-state index contributed by atoms with van der Waals surface area (Å²) in [6.07, 6.45) is 8.85. The van der Waals surface area contributed by atoms with Gasteiger partial charge in [0.15, 0.2) is 5.65 Å². The molecule has 2 aliphatic carbocycles. The van der Waals surface area contributed by atoms with Gasteiger partial charge >= 0.3 is 0 Å². The average molecular weight is 508 g/mol. The van der Waals surface area contributed by atoms with E-state index in [4.69, 9.17) is 10.1 Å². The number of amides is 2. The quantitative estimate of drug-likeness (QED) is 0.463. The third-order valence-electron chi connectivity index (χ3n) is 8.09. The van der Waals surface area contributed by atoms with Gasteiger partial charge in [-0.05, 0) is 81.9 Å². The van der Waals surface area contributed by atoms with E-state index in [-0.39, 0.29) is 30.8 Å². The molecular formula is C27H34FN7O2. The predicted octanol–water partition coefficient (Wildman–Crippen LogP) is 3.26. The number of halogens is 1. The van der Waals surface area contributed by atoms with Gasteiger partial charge in [0.1, 0.15) is 11.4 Å². The van der Waals surface area contributed by atoms with Crippen LogP contribution in [0.15, 0.2) is 30.6 Å². The van der Waals surface area contributed by atoms with Gasteiger partial charge in [-0.25, -0.2) is 13.9 Å². The highest BCUT2D eigenvalue weighted by Crippen LogP contribution is 2.54. The normalized spacial score (nSPS) is 24.9. The Labute approximate surface area is 215 Å². The van der Waals surface area contributed by atoms with E-state index < -0.39 is 11.6 Å². The topological polar surface area (TPSA) is 106 Å². The Morgan fingerprint density at radius 2 is 2.00 bits per heavy atom. The van der Waals surface area contributed by atoms with Crippen molar-refractivity contribution in [2.24, 2.45) is 23.7 Å². The minimum absolute atomic E-state index is 0.0506. The molecule has 1 saturated heterocycles. The van der Waals surface area contributed by atoms with E-state index in [1.807, 2.05) is 25.3 Å². The number of piperidine rings is 1. The van der Waals surface area contributed by atoms with E-state index in [1.165, 1.54) is 32.6 Å². The van der Waals surface area contributed by atoms with Gasteiger partial charge in [-0.1, -0.05) is 0 Å². The Bertz CT molecular complexity index is 1310. The summed E-state index contributed by atoms with van der Waals surface area (Å²) in [5.74, 6) is 0.818. The third-order valence-corrected chi connectivity index (χ3v) is 8.09. The van der Waals surface area contributed by atoms with Crippen molar-refractivity contribution in [2.75, 3.05) is 6.54 Å². The van der Waals surface area contributed by atoms with Crippen molar-refractivity contribution in [3.8, 4) is 0 Å². The van der Waals surface area contributed by atoms with Crippen molar-refractivity contribution in [3.63, 3.8) is 0 Å². The van der Waals surface area contributed by atoms with E-state index in [0.29, 0.717) is 47.8 Å². The van der Waals surface area contributed by atoms with E-state index in [0.717, 1.165) is 5.69 Å². The fourth-order valence-corrected chi connectivity index (χ4v) is 5.96. The number of nitrogens with one attached hydrogen (secondary N) is 2. The van der Waals surface area contributed by atoms with Crippen LogP contribution < -0.4 is 10.6 Å². The van der Waals surface area contributed by atoms with Crippen molar-refractivity contribution in [2.45, 2.75) is 70.6 Å². The van der Waals surface area contributed by atoms with Crippen molar-refractivity contribution in [1.82, 2.24) is 35.0 Å². The molecule has 2 saturated carbocycles. The van der Waals surface area contributed by atoms with Gasteiger partial charge in [-0.2, -0.15) is 10.2 Å². The maximum atomic E-state index is 14.5. The zero-order chi connectivity index (χ0) is 25.7. The summed E-state index contributed by atoms with van der Waals surface area (Å²) in [6, 6.07) is 5.28. The van der Waals surface area contributed by atoms with Crippen molar-refractivity contribution in [3.05, 3.63) is 47.7 Å². The van der Waals surface area contributed by atoms with E-state index >= 15 is 0 Å². The molecule has 0 bridgehead atoms. The minimum Gasteiger partial charge on any atom is -0.353 e. The zero-order valence-electron chi connectivity index (χ0n) is 21.4. The Morgan fingerprint density at radius 3 is 2.70 bits per heavy atom. The lowest BCUT2D eigenvalue weighted by atomic mass is 9.86. The summed E-state index contributed by atoms with van der Waals surface area (Å²) < 4.78 is 18.0. The first-order chi connectivity index (χ1) is 17.8. The van der Waals surface area contributed by atoms with Crippen LogP contribution in [-0.4, -0.2) is 48.4 Å². The molecule has 0 spiro atoms. The molecule has 196 valence electrons. The van der Waals surface area contributed by atoms with Gasteiger partial charge in [0.2, 0.25) is 5.91 Å². The monoisotopic (exact) mass is 507 g/mol. The van der Waals surface area contributed by atoms with Crippen LogP contribution in [0.25, 0.3) is 5.65 Å². The number of alkyl halides is 1. The van der Waals surface area contributed by atoms with Crippen LogP contribution >= 0.6 is 0 Å². The largest absolute Gasteiger partial charge is 0.353 e. The summed E-state index contributed by atoms with van der Waals surface area (Å²) in [6.45, 7) is 4.16. The standard InChI is InChI=1S/C27H34FN7O2/c1-3-34-21(10-11-30-34)26(37)32-24(23(16-4-5-16)17-6-7-17)20-14-35-22(31-20)9-8-19(33-35)12-18-13-27(2,28)15-29-25(18)36/h8-11,14,16-18,23-24H,3-7,12-13,15H2,1-2H3,(H,29,36)(H,32,37)/t18?,24-,27?/m1/s1. The summed E-state index contributed by atoms with van der Waals surface area (Å²) in [4.78, 5) is 30.6.